The molecule has 0 spiro atoms. The zero-order chi connectivity index (χ0) is 4.99. The van der Waals surface area contributed by atoms with Gasteiger partial charge < -0.3 is 4.90 Å². The highest BCUT2D eigenvalue weighted by Gasteiger charge is 1.65. The van der Waals surface area contributed by atoms with Gasteiger partial charge in [0.15, 0.2) is 0 Å². The van der Waals surface area contributed by atoms with Crippen LogP contribution in [0.1, 0.15) is 6.92 Å². The van der Waals surface area contributed by atoms with Gasteiger partial charge in [-0.15, -0.1) is 24.0 Å². The van der Waals surface area contributed by atoms with Crippen molar-refractivity contribution in [2.75, 3.05) is 14.1 Å². The number of halogens is 1. The molecule has 0 amide bonds. The third-order valence-corrected chi connectivity index (χ3v) is 0.447. The summed E-state index contributed by atoms with van der Waals surface area (Å²) in [6.07, 6.45) is 4.00. The Hall–Kier alpha value is 0.270. The predicted octanol–water partition coefficient (Wildman–Crippen LogP) is 1.70. The molecular weight excluding hydrogens is 201 g/mol. The lowest BCUT2D eigenvalue weighted by Gasteiger charge is -1.99. The number of rotatable bonds is 1. The smallest absolute Gasteiger partial charge is 0.00555 e. The Labute approximate surface area is 62.4 Å². The molecule has 0 atom stereocenters. The Morgan fingerprint density at radius 1 is 1.29 bits per heavy atom. The minimum Gasteiger partial charge on any atom is -0.384 e. The quantitative estimate of drug-likeness (QED) is 0.599. The highest BCUT2D eigenvalue weighted by Crippen LogP contribution is 1.71. The lowest BCUT2D eigenvalue weighted by molar-refractivity contribution is 0.563. The molecule has 44 valence electrons. The van der Waals surface area contributed by atoms with Crippen LogP contribution in [0.25, 0.3) is 0 Å². The van der Waals surface area contributed by atoms with E-state index in [1.165, 1.54) is 0 Å². The van der Waals surface area contributed by atoms with E-state index in [1.54, 1.807) is 0 Å². The number of hydrogen-bond donors (Lipinski definition) is 0. The van der Waals surface area contributed by atoms with Gasteiger partial charge in [-0.25, -0.2) is 0 Å². The van der Waals surface area contributed by atoms with Crippen molar-refractivity contribution in [2.24, 2.45) is 0 Å². The summed E-state index contributed by atoms with van der Waals surface area (Å²) in [5.74, 6) is 0. The van der Waals surface area contributed by atoms with Crippen molar-refractivity contribution in [1.82, 2.24) is 4.90 Å². The van der Waals surface area contributed by atoms with E-state index in [4.69, 9.17) is 0 Å². The van der Waals surface area contributed by atoms with Crippen LogP contribution >= 0.6 is 24.0 Å². The van der Waals surface area contributed by atoms with E-state index in [1.807, 2.05) is 38.2 Å². The summed E-state index contributed by atoms with van der Waals surface area (Å²) < 4.78 is 0. The van der Waals surface area contributed by atoms with Gasteiger partial charge in [-0.2, -0.15) is 0 Å². The summed E-state index contributed by atoms with van der Waals surface area (Å²) in [6.45, 7) is 2.00. The maximum atomic E-state index is 2.00. The molecule has 7 heavy (non-hydrogen) atoms. The zero-order valence-electron chi connectivity index (χ0n) is 5.01. The SMILES string of the molecule is CC=CN(C)C.I. The fourth-order valence-electron chi connectivity index (χ4n) is 0.298. The molecule has 0 radical (unpaired) electrons. The van der Waals surface area contributed by atoms with Crippen LogP contribution in [0, 0.1) is 0 Å². The Balaban J connectivity index is 0. The average molecular weight is 213 g/mol. The van der Waals surface area contributed by atoms with Crippen LogP contribution in [-0.2, 0) is 0 Å². The molecule has 2 heteroatoms. The van der Waals surface area contributed by atoms with E-state index in [-0.39, 0.29) is 24.0 Å². The summed E-state index contributed by atoms with van der Waals surface area (Å²) in [5, 5.41) is 0. The average Bonchev–Trinajstić information content (AvgIpc) is 1.35. The van der Waals surface area contributed by atoms with E-state index in [9.17, 15) is 0 Å². The van der Waals surface area contributed by atoms with E-state index in [2.05, 4.69) is 0 Å². The van der Waals surface area contributed by atoms with E-state index in [0.717, 1.165) is 0 Å². The van der Waals surface area contributed by atoms with Crippen molar-refractivity contribution in [3.05, 3.63) is 12.3 Å². The standard InChI is InChI=1S/C5H11N.HI/c1-4-5-6(2)3;/h4-5H,1-3H3;1H. The first-order valence-corrected chi connectivity index (χ1v) is 2.06. The molecule has 0 aliphatic carbocycles. The second-order valence-electron chi connectivity index (χ2n) is 1.45. The number of allylic oxidation sites excluding steroid dienone is 1. The predicted molar refractivity (Wildman–Crippen MR) is 43.9 cm³/mol. The molecule has 0 aromatic carbocycles. The molecule has 0 aliphatic heterocycles. The molecule has 0 aromatic rings. The van der Waals surface area contributed by atoms with Gasteiger partial charge in [0.05, 0.1) is 0 Å². The fourth-order valence-corrected chi connectivity index (χ4v) is 0.298. The largest absolute Gasteiger partial charge is 0.384 e. The molecule has 0 aromatic heterocycles. The highest BCUT2D eigenvalue weighted by atomic mass is 127. The van der Waals surface area contributed by atoms with Crippen molar-refractivity contribution in [2.45, 2.75) is 6.92 Å². The highest BCUT2D eigenvalue weighted by molar-refractivity contribution is 14.0. The Kier molecular flexibility index (Phi) is 9.22. The Morgan fingerprint density at radius 3 is 1.71 bits per heavy atom. The molecular formula is C5H12IN. The molecule has 0 unspecified atom stereocenters. The van der Waals surface area contributed by atoms with Crippen LogP contribution in [-0.4, -0.2) is 19.0 Å². The molecule has 0 saturated carbocycles. The van der Waals surface area contributed by atoms with Gasteiger partial charge in [0.2, 0.25) is 0 Å². The van der Waals surface area contributed by atoms with Crippen LogP contribution in [0.2, 0.25) is 0 Å². The minimum absolute atomic E-state index is 0. The van der Waals surface area contributed by atoms with Gasteiger partial charge in [-0.3, -0.25) is 0 Å². The van der Waals surface area contributed by atoms with Gasteiger partial charge in [-0.05, 0) is 13.1 Å². The minimum atomic E-state index is 0. The number of hydrogen-bond acceptors (Lipinski definition) is 1. The van der Waals surface area contributed by atoms with Crippen LogP contribution in [0.5, 0.6) is 0 Å². The van der Waals surface area contributed by atoms with Crippen molar-refractivity contribution in [1.29, 1.82) is 0 Å². The second-order valence-corrected chi connectivity index (χ2v) is 1.45. The first-order valence-electron chi connectivity index (χ1n) is 2.06. The second kappa shape index (κ2) is 6.27. The van der Waals surface area contributed by atoms with Gasteiger partial charge in [0.25, 0.3) is 0 Å². The maximum Gasteiger partial charge on any atom is 0.00555 e. The van der Waals surface area contributed by atoms with E-state index in [0.29, 0.717) is 0 Å². The summed E-state index contributed by atoms with van der Waals surface area (Å²) in [7, 11) is 4.00. The van der Waals surface area contributed by atoms with Gasteiger partial charge in [-0.1, -0.05) is 6.08 Å². The first-order chi connectivity index (χ1) is 2.77. The molecule has 0 bridgehead atoms. The van der Waals surface area contributed by atoms with Crippen molar-refractivity contribution in [3.8, 4) is 0 Å². The first kappa shape index (κ1) is 10.3. The molecule has 0 fully saturated rings. The lowest BCUT2D eigenvalue weighted by Crippen LogP contribution is -1.98. The van der Waals surface area contributed by atoms with Crippen molar-refractivity contribution in [3.63, 3.8) is 0 Å². The summed E-state index contributed by atoms with van der Waals surface area (Å²) in [5.41, 5.74) is 0. The monoisotopic (exact) mass is 213 g/mol. The zero-order valence-corrected chi connectivity index (χ0v) is 7.34. The molecule has 0 rings (SSSR count). The van der Waals surface area contributed by atoms with E-state index >= 15 is 0 Å². The van der Waals surface area contributed by atoms with E-state index < -0.39 is 0 Å². The summed E-state index contributed by atoms with van der Waals surface area (Å²) >= 11 is 0. The molecule has 0 N–H and O–H groups in total. The molecule has 1 nitrogen and oxygen atoms in total. The Bertz CT molecular complexity index is 50.0. The van der Waals surface area contributed by atoms with Gasteiger partial charge in [0.1, 0.15) is 0 Å². The third-order valence-electron chi connectivity index (χ3n) is 0.447. The summed E-state index contributed by atoms with van der Waals surface area (Å²) in [6, 6.07) is 0. The third kappa shape index (κ3) is 10.7. The summed E-state index contributed by atoms with van der Waals surface area (Å²) in [4.78, 5) is 2.00. The molecule has 0 saturated heterocycles. The number of nitrogens with zero attached hydrogens (tertiary/aromatic N) is 1. The normalized spacial score (nSPS) is 8.43. The topological polar surface area (TPSA) is 3.24 Å². The van der Waals surface area contributed by atoms with Gasteiger partial charge in [0, 0.05) is 14.1 Å². The van der Waals surface area contributed by atoms with Crippen LogP contribution < -0.4 is 0 Å². The Morgan fingerprint density at radius 2 is 1.71 bits per heavy atom. The molecule has 0 aliphatic rings. The maximum absolute atomic E-state index is 2.00. The van der Waals surface area contributed by atoms with Crippen LogP contribution in [0.15, 0.2) is 12.3 Å². The molecule has 0 heterocycles. The van der Waals surface area contributed by atoms with Crippen molar-refractivity contribution < 1.29 is 0 Å². The van der Waals surface area contributed by atoms with Crippen molar-refractivity contribution >= 4 is 24.0 Å². The van der Waals surface area contributed by atoms with Crippen LogP contribution in [0.4, 0.5) is 0 Å². The fraction of sp³-hybridized carbons (Fsp3) is 0.600. The lowest BCUT2D eigenvalue weighted by atomic mass is 10.7. The van der Waals surface area contributed by atoms with Crippen LogP contribution in [0.3, 0.4) is 0 Å². The van der Waals surface area contributed by atoms with Gasteiger partial charge >= 0.3 is 0 Å².